The topological polar surface area (TPSA) is 81.6 Å². The molecule has 2 aliphatic rings. The molecule has 0 saturated heterocycles. The van der Waals surface area contributed by atoms with Gasteiger partial charge in [-0.15, -0.1) is 0 Å². The summed E-state index contributed by atoms with van der Waals surface area (Å²) >= 11 is 0. The summed E-state index contributed by atoms with van der Waals surface area (Å²) in [6.07, 6.45) is 6.17. The first-order chi connectivity index (χ1) is 8.63. The zero-order valence-electron chi connectivity index (χ0n) is 10.8. The molecule has 2 rings (SSSR count). The number of aliphatic hydroxyl groups excluding tert-OH is 2. The van der Waals surface area contributed by atoms with Crippen molar-refractivity contribution in [1.82, 2.24) is 10.6 Å². The van der Waals surface area contributed by atoms with Crippen LogP contribution in [0.4, 0.5) is 4.79 Å². The first-order valence-electron chi connectivity index (χ1n) is 7.06. The van der Waals surface area contributed by atoms with Crippen LogP contribution in [0.3, 0.4) is 0 Å². The maximum absolute atomic E-state index is 11.8. The van der Waals surface area contributed by atoms with Crippen molar-refractivity contribution in [1.29, 1.82) is 0 Å². The fraction of sp³-hybridized carbons (Fsp3) is 0.923. The fourth-order valence-corrected chi connectivity index (χ4v) is 2.85. The number of aliphatic hydroxyl groups is 2. The highest BCUT2D eigenvalue weighted by molar-refractivity contribution is 5.74. The molecular weight excluding hydrogens is 232 g/mol. The molecule has 0 spiro atoms. The predicted octanol–water partition coefficient (Wildman–Crippen LogP) is 0.893. The number of hydrogen-bond donors (Lipinski definition) is 4. The van der Waals surface area contributed by atoms with E-state index in [9.17, 15) is 15.0 Å². The van der Waals surface area contributed by atoms with Crippen LogP contribution in [-0.4, -0.2) is 40.5 Å². The minimum absolute atomic E-state index is 0.0993. The normalized spacial score (nSPS) is 37.0. The number of hydrogen-bond acceptors (Lipinski definition) is 3. The third-order valence-electron chi connectivity index (χ3n) is 4.06. The van der Waals surface area contributed by atoms with Crippen LogP contribution in [0, 0.1) is 0 Å². The lowest BCUT2D eigenvalue weighted by Crippen LogP contribution is -2.48. The SMILES string of the molecule is O=C(NC1CCC(O)CC1)NC1CCC(O)CC1. The second kappa shape index (κ2) is 6.38. The molecule has 0 heterocycles. The molecule has 2 fully saturated rings. The third-order valence-corrected chi connectivity index (χ3v) is 4.06. The lowest BCUT2D eigenvalue weighted by atomic mass is 9.92. The number of amides is 2. The molecule has 0 aromatic carbocycles. The zero-order chi connectivity index (χ0) is 13.0. The second-order valence-corrected chi connectivity index (χ2v) is 5.63. The van der Waals surface area contributed by atoms with E-state index < -0.39 is 0 Å². The molecule has 5 heteroatoms. The fourth-order valence-electron chi connectivity index (χ4n) is 2.85. The van der Waals surface area contributed by atoms with E-state index in [1.807, 2.05) is 0 Å². The van der Waals surface area contributed by atoms with E-state index in [1.165, 1.54) is 0 Å². The summed E-state index contributed by atoms with van der Waals surface area (Å²) in [4.78, 5) is 11.8. The summed E-state index contributed by atoms with van der Waals surface area (Å²) in [6, 6.07) is 0.294. The molecule has 0 aliphatic heterocycles. The molecule has 0 aromatic rings. The van der Waals surface area contributed by atoms with E-state index in [1.54, 1.807) is 0 Å². The highest BCUT2D eigenvalue weighted by Gasteiger charge is 2.23. The van der Waals surface area contributed by atoms with Crippen molar-refractivity contribution in [3.63, 3.8) is 0 Å². The second-order valence-electron chi connectivity index (χ2n) is 5.63. The van der Waals surface area contributed by atoms with E-state index in [0.717, 1.165) is 51.4 Å². The van der Waals surface area contributed by atoms with Gasteiger partial charge in [-0.25, -0.2) is 4.79 Å². The summed E-state index contributed by atoms with van der Waals surface area (Å²) in [7, 11) is 0. The summed E-state index contributed by atoms with van der Waals surface area (Å²) in [5.41, 5.74) is 0. The van der Waals surface area contributed by atoms with Crippen molar-refractivity contribution in [2.75, 3.05) is 0 Å². The van der Waals surface area contributed by atoms with Gasteiger partial charge >= 0.3 is 6.03 Å². The van der Waals surface area contributed by atoms with Crippen molar-refractivity contribution in [2.24, 2.45) is 0 Å². The molecule has 0 aromatic heterocycles. The van der Waals surface area contributed by atoms with Gasteiger partial charge < -0.3 is 20.8 Å². The number of carbonyl (C=O) groups excluding carboxylic acids is 1. The van der Waals surface area contributed by atoms with Gasteiger partial charge in [0.05, 0.1) is 12.2 Å². The van der Waals surface area contributed by atoms with E-state index in [0.29, 0.717) is 0 Å². The van der Waals surface area contributed by atoms with Gasteiger partial charge in [-0.05, 0) is 51.4 Å². The van der Waals surface area contributed by atoms with Gasteiger partial charge in [0.15, 0.2) is 0 Å². The average molecular weight is 256 g/mol. The molecule has 0 bridgehead atoms. The van der Waals surface area contributed by atoms with Crippen LogP contribution >= 0.6 is 0 Å². The summed E-state index contributed by atoms with van der Waals surface area (Å²) in [5.74, 6) is 0. The van der Waals surface area contributed by atoms with Crippen LogP contribution in [0.5, 0.6) is 0 Å². The van der Waals surface area contributed by atoms with Gasteiger partial charge in [-0.2, -0.15) is 0 Å². The van der Waals surface area contributed by atoms with Gasteiger partial charge in [0, 0.05) is 12.1 Å². The Balaban J connectivity index is 1.66. The molecule has 2 aliphatic carbocycles. The quantitative estimate of drug-likeness (QED) is 0.592. The zero-order valence-corrected chi connectivity index (χ0v) is 10.8. The Morgan fingerprint density at radius 2 is 1.06 bits per heavy atom. The van der Waals surface area contributed by atoms with Crippen molar-refractivity contribution in [2.45, 2.75) is 75.7 Å². The van der Waals surface area contributed by atoms with Crippen LogP contribution in [-0.2, 0) is 0 Å². The van der Waals surface area contributed by atoms with Crippen LogP contribution in [0.1, 0.15) is 51.4 Å². The number of rotatable bonds is 2. The summed E-state index contributed by atoms with van der Waals surface area (Å²) in [6.45, 7) is 0. The third kappa shape index (κ3) is 4.14. The van der Waals surface area contributed by atoms with Crippen LogP contribution in [0.15, 0.2) is 0 Å². The van der Waals surface area contributed by atoms with Gasteiger partial charge in [0.25, 0.3) is 0 Å². The number of urea groups is 1. The molecule has 2 amide bonds. The molecule has 18 heavy (non-hydrogen) atoms. The standard InChI is InChI=1S/C13H24N2O3/c16-11-5-1-9(2-6-11)14-13(18)15-10-3-7-12(17)8-4-10/h9-12,16-17H,1-8H2,(H2,14,15,18). The van der Waals surface area contributed by atoms with Crippen LogP contribution < -0.4 is 10.6 Å². The Hall–Kier alpha value is -0.810. The monoisotopic (exact) mass is 256 g/mol. The Labute approximate surface area is 108 Å². The molecule has 5 nitrogen and oxygen atoms in total. The molecule has 0 atom stereocenters. The van der Waals surface area contributed by atoms with E-state index in [4.69, 9.17) is 0 Å². The Bertz CT molecular complexity index is 243. The molecule has 104 valence electrons. The molecule has 0 radical (unpaired) electrons. The predicted molar refractivity (Wildman–Crippen MR) is 68.2 cm³/mol. The maximum atomic E-state index is 11.8. The lowest BCUT2D eigenvalue weighted by molar-refractivity contribution is 0.113. The molecular formula is C13H24N2O3. The summed E-state index contributed by atoms with van der Waals surface area (Å²) < 4.78 is 0. The first kappa shape index (κ1) is 13.6. The smallest absolute Gasteiger partial charge is 0.315 e. The van der Waals surface area contributed by atoms with Gasteiger partial charge in [0.2, 0.25) is 0 Å². The van der Waals surface area contributed by atoms with Crippen LogP contribution in [0.25, 0.3) is 0 Å². The Morgan fingerprint density at radius 1 is 0.722 bits per heavy atom. The Morgan fingerprint density at radius 3 is 1.39 bits per heavy atom. The van der Waals surface area contributed by atoms with E-state index in [2.05, 4.69) is 10.6 Å². The molecule has 0 unspecified atom stereocenters. The van der Waals surface area contributed by atoms with E-state index >= 15 is 0 Å². The number of carbonyl (C=O) groups is 1. The largest absolute Gasteiger partial charge is 0.393 e. The molecule has 2 saturated carbocycles. The van der Waals surface area contributed by atoms with Crippen molar-refractivity contribution < 1.29 is 15.0 Å². The number of nitrogens with one attached hydrogen (secondary N) is 2. The lowest BCUT2D eigenvalue weighted by Gasteiger charge is -2.29. The average Bonchev–Trinajstić information content (AvgIpc) is 2.35. The molecule has 4 N–H and O–H groups in total. The first-order valence-corrected chi connectivity index (χ1v) is 7.06. The highest BCUT2D eigenvalue weighted by Crippen LogP contribution is 2.19. The van der Waals surface area contributed by atoms with Crippen molar-refractivity contribution in [3.05, 3.63) is 0 Å². The van der Waals surface area contributed by atoms with Crippen molar-refractivity contribution >= 4 is 6.03 Å². The highest BCUT2D eigenvalue weighted by atomic mass is 16.3. The Kier molecular flexibility index (Phi) is 4.83. The maximum Gasteiger partial charge on any atom is 0.315 e. The van der Waals surface area contributed by atoms with Gasteiger partial charge in [0.1, 0.15) is 0 Å². The minimum Gasteiger partial charge on any atom is -0.393 e. The van der Waals surface area contributed by atoms with Gasteiger partial charge in [-0.1, -0.05) is 0 Å². The van der Waals surface area contributed by atoms with Crippen LogP contribution in [0.2, 0.25) is 0 Å². The van der Waals surface area contributed by atoms with Crippen molar-refractivity contribution in [3.8, 4) is 0 Å². The van der Waals surface area contributed by atoms with E-state index in [-0.39, 0.29) is 30.3 Å². The summed E-state index contributed by atoms with van der Waals surface area (Å²) in [5, 5.41) is 24.7. The minimum atomic E-state index is -0.189. The van der Waals surface area contributed by atoms with Gasteiger partial charge in [-0.3, -0.25) is 0 Å².